The molecule has 0 amide bonds. The van der Waals surface area contributed by atoms with E-state index in [1.165, 1.54) is 0 Å². The van der Waals surface area contributed by atoms with Crippen molar-refractivity contribution in [3.05, 3.63) is 34.9 Å². The van der Waals surface area contributed by atoms with Gasteiger partial charge in [0.1, 0.15) is 5.75 Å². The lowest BCUT2D eigenvalue weighted by Crippen LogP contribution is -2.32. The topological polar surface area (TPSA) is 60.4 Å². The van der Waals surface area contributed by atoms with Crippen LogP contribution in [-0.4, -0.2) is 37.9 Å². The number of ether oxygens (including phenoxy) is 1. The SMILES string of the molecule is Cc1ccc(C(=O)CS(=O)(=O)C2CCOC2C)cc1C. The number of hydrogen-bond acceptors (Lipinski definition) is 4. The Hall–Kier alpha value is -1.20. The first-order valence-corrected chi connectivity index (χ1v) is 8.46. The molecular formula is C15H20O4S. The van der Waals surface area contributed by atoms with E-state index in [0.29, 0.717) is 18.6 Å². The molecule has 2 unspecified atom stereocenters. The number of hydrogen-bond donors (Lipinski definition) is 0. The van der Waals surface area contributed by atoms with Crippen molar-refractivity contribution in [1.29, 1.82) is 0 Å². The maximum atomic E-state index is 12.3. The van der Waals surface area contributed by atoms with Crippen molar-refractivity contribution in [3.63, 3.8) is 0 Å². The third-order valence-electron chi connectivity index (χ3n) is 3.93. The number of carbonyl (C=O) groups is 1. The van der Waals surface area contributed by atoms with Crippen LogP contribution in [0.15, 0.2) is 18.2 Å². The van der Waals surface area contributed by atoms with Gasteiger partial charge >= 0.3 is 0 Å². The van der Waals surface area contributed by atoms with E-state index in [-0.39, 0.29) is 11.9 Å². The summed E-state index contributed by atoms with van der Waals surface area (Å²) in [5.74, 6) is -0.777. The minimum absolute atomic E-state index is 0.326. The van der Waals surface area contributed by atoms with Crippen molar-refractivity contribution in [1.82, 2.24) is 0 Å². The van der Waals surface area contributed by atoms with Gasteiger partial charge in [-0.2, -0.15) is 0 Å². The zero-order valence-electron chi connectivity index (χ0n) is 12.0. The molecule has 2 atom stereocenters. The largest absolute Gasteiger partial charge is 0.377 e. The molecule has 1 saturated heterocycles. The molecule has 110 valence electrons. The van der Waals surface area contributed by atoms with Gasteiger partial charge in [-0.15, -0.1) is 0 Å². The predicted octanol–water partition coefficient (Wildman–Crippen LogP) is 2.08. The summed E-state index contributed by atoms with van der Waals surface area (Å²) in [4.78, 5) is 12.2. The second-order valence-electron chi connectivity index (χ2n) is 5.43. The van der Waals surface area contributed by atoms with Crippen LogP contribution in [0, 0.1) is 13.8 Å². The highest BCUT2D eigenvalue weighted by atomic mass is 32.2. The molecule has 1 aromatic rings. The van der Waals surface area contributed by atoms with Gasteiger partial charge in [0.15, 0.2) is 15.6 Å². The highest BCUT2D eigenvalue weighted by Gasteiger charge is 2.37. The van der Waals surface area contributed by atoms with E-state index in [9.17, 15) is 13.2 Å². The van der Waals surface area contributed by atoms with E-state index in [0.717, 1.165) is 11.1 Å². The summed E-state index contributed by atoms with van der Waals surface area (Å²) < 4.78 is 29.8. The van der Waals surface area contributed by atoms with Gasteiger partial charge in [-0.25, -0.2) is 8.42 Å². The van der Waals surface area contributed by atoms with Gasteiger partial charge in [-0.1, -0.05) is 12.1 Å². The van der Waals surface area contributed by atoms with Crippen LogP contribution in [-0.2, 0) is 14.6 Å². The van der Waals surface area contributed by atoms with Crippen LogP contribution in [0.1, 0.15) is 34.8 Å². The Labute approximate surface area is 120 Å². The third kappa shape index (κ3) is 3.10. The quantitative estimate of drug-likeness (QED) is 0.798. The minimum Gasteiger partial charge on any atom is -0.377 e. The number of ketones is 1. The fourth-order valence-electron chi connectivity index (χ4n) is 2.47. The second kappa shape index (κ2) is 5.66. The summed E-state index contributed by atoms with van der Waals surface area (Å²) in [6.45, 7) is 6.06. The summed E-state index contributed by atoms with van der Waals surface area (Å²) in [5, 5.41) is -0.557. The molecule has 0 spiro atoms. The summed E-state index contributed by atoms with van der Waals surface area (Å²) in [7, 11) is -3.45. The molecule has 0 aliphatic carbocycles. The van der Waals surface area contributed by atoms with Crippen molar-refractivity contribution in [2.45, 2.75) is 38.5 Å². The minimum atomic E-state index is -3.45. The Balaban J connectivity index is 2.16. The number of aryl methyl sites for hydroxylation is 2. The lowest BCUT2D eigenvalue weighted by molar-refractivity contribution is 0.102. The van der Waals surface area contributed by atoms with Crippen LogP contribution in [0.3, 0.4) is 0 Å². The average molecular weight is 296 g/mol. The van der Waals surface area contributed by atoms with Crippen LogP contribution < -0.4 is 0 Å². The Morgan fingerprint density at radius 3 is 2.55 bits per heavy atom. The van der Waals surface area contributed by atoms with Gasteiger partial charge in [0.05, 0.1) is 11.4 Å². The van der Waals surface area contributed by atoms with Crippen molar-refractivity contribution in [2.75, 3.05) is 12.4 Å². The van der Waals surface area contributed by atoms with Gasteiger partial charge in [0, 0.05) is 12.2 Å². The smallest absolute Gasteiger partial charge is 0.177 e. The first-order valence-electron chi connectivity index (χ1n) is 6.75. The summed E-state index contributed by atoms with van der Waals surface area (Å²) in [5.41, 5.74) is 2.54. The molecule has 0 saturated carbocycles. The Kier molecular flexibility index (Phi) is 4.30. The fraction of sp³-hybridized carbons (Fsp3) is 0.533. The van der Waals surface area contributed by atoms with Crippen molar-refractivity contribution < 1.29 is 17.9 Å². The number of Topliss-reactive ketones (excluding diaryl/α,β-unsaturated/α-hetero) is 1. The van der Waals surface area contributed by atoms with E-state index in [1.54, 1.807) is 19.1 Å². The van der Waals surface area contributed by atoms with Crippen molar-refractivity contribution in [3.8, 4) is 0 Å². The maximum Gasteiger partial charge on any atom is 0.177 e. The van der Waals surface area contributed by atoms with E-state index in [2.05, 4.69) is 0 Å². The molecule has 0 radical (unpaired) electrons. The predicted molar refractivity (Wildman–Crippen MR) is 77.9 cm³/mol. The van der Waals surface area contributed by atoms with E-state index < -0.39 is 20.8 Å². The standard InChI is InChI=1S/C15H20O4S/c1-10-4-5-13(8-11(10)2)14(16)9-20(17,18)15-6-7-19-12(15)3/h4-5,8,12,15H,6-7,9H2,1-3H3. The Morgan fingerprint density at radius 1 is 1.30 bits per heavy atom. The van der Waals surface area contributed by atoms with E-state index in [1.807, 2.05) is 19.9 Å². The molecule has 4 nitrogen and oxygen atoms in total. The third-order valence-corrected chi connectivity index (χ3v) is 6.14. The monoisotopic (exact) mass is 296 g/mol. The lowest BCUT2D eigenvalue weighted by Gasteiger charge is -2.14. The summed E-state index contributed by atoms with van der Waals surface area (Å²) in [6, 6.07) is 5.28. The normalized spacial score (nSPS) is 22.9. The second-order valence-corrected chi connectivity index (χ2v) is 7.65. The van der Waals surface area contributed by atoms with E-state index in [4.69, 9.17) is 4.74 Å². The van der Waals surface area contributed by atoms with E-state index >= 15 is 0 Å². The number of rotatable bonds is 4. The molecule has 0 aromatic heterocycles. The zero-order chi connectivity index (χ0) is 14.9. The molecular weight excluding hydrogens is 276 g/mol. The molecule has 1 aliphatic heterocycles. The maximum absolute atomic E-state index is 12.3. The summed E-state index contributed by atoms with van der Waals surface area (Å²) >= 11 is 0. The number of carbonyl (C=O) groups excluding carboxylic acids is 1. The molecule has 5 heteroatoms. The molecule has 1 heterocycles. The van der Waals surface area contributed by atoms with Crippen LogP contribution in [0.4, 0.5) is 0 Å². The molecule has 20 heavy (non-hydrogen) atoms. The van der Waals surface area contributed by atoms with Gasteiger partial charge in [-0.05, 0) is 44.4 Å². The Bertz CT molecular complexity index is 619. The van der Waals surface area contributed by atoms with Crippen LogP contribution in [0.2, 0.25) is 0 Å². The van der Waals surface area contributed by atoms with Crippen molar-refractivity contribution in [2.24, 2.45) is 0 Å². The highest BCUT2D eigenvalue weighted by Crippen LogP contribution is 2.22. The first-order chi connectivity index (χ1) is 9.31. The molecule has 0 N–H and O–H groups in total. The zero-order valence-corrected chi connectivity index (χ0v) is 12.9. The lowest BCUT2D eigenvalue weighted by atomic mass is 10.0. The van der Waals surface area contributed by atoms with Crippen LogP contribution in [0.25, 0.3) is 0 Å². The molecule has 2 rings (SSSR count). The van der Waals surface area contributed by atoms with Gasteiger partial charge in [0.25, 0.3) is 0 Å². The van der Waals surface area contributed by atoms with Crippen LogP contribution in [0.5, 0.6) is 0 Å². The average Bonchev–Trinajstić information content (AvgIpc) is 2.79. The van der Waals surface area contributed by atoms with Crippen LogP contribution >= 0.6 is 0 Å². The van der Waals surface area contributed by atoms with Gasteiger partial charge < -0.3 is 4.74 Å². The fourth-order valence-corrected chi connectivity index (χ4v) is 4.34. The number of sulfone groups is 1. The Morgan fingerprint density at radius 2 is 2.00 bits per heavy atom. The molecule has 1 fully saturated rings. The molecule has 1 aliphatic rings. The number of benzene rings is 1. The summed E-state index contributed by atoms with van der Waals surface area (Å²) in [6.07, 6.45) is 0.150. The molecule has 0 bridgehead atoms. The first kappa shape index (κ1) is 15.2. The van der Waals surface area contributed by atoms with Gasteiger partial charge in [0.2, 0.25) is 0 Å². The van der Waals surface area contributed by atoms with Gasteiger partial charge in [-0.3, -0.25) is 4.79 Å². The molecule has 1 aromatic carbocycles. The highest BCUT2D eigenvalue weighted by molar-refractivity contribution is 7.92. The van der Waals surface area contributed by atoms with Crippen molar-refractivity contribution >= 4 is 15.6 Å².